The number of anilines is 1. The summed E-state index contributed by atoms with van der Waals surface area (Å²) in [7, 11) is -3.31. The molecule has 156 valence electrons. The molecule has 2 aromatic carbocycles. The van der Waals surface area contributed by atoms with E-state index in [1.165, 1.54) is 12.1 Å². The molecule has 0 amide bonds. The van der Waals surface area contributed by atoms with Crippen molar-refractivity contribution in [3.8, 4) is 0 Å². The normalized spacial score (nSPS) is 11.7. The van der Waals surface area contributed by atoms with Crippen molar-refractivity contribution in [1.29, 1.82) is 0 Å². The molecule has 0 aliphatic carbocycles. The zero-order valence-electron chi connectivity index (χ0n) is 16.9. The number of likely N-dealkylation sites (N-methyl/N-ethyl adjacent to an activating group) is 1. The molecule has 0 unspecified atom stereocenters. The Labute approximate surface area is 182 Å². The Hall–Kier alpha value is -2.77. The largest absolute Gasteiger partial charge is 0.365 e. The van der Waals surface area contributed by atoms with Crippen LogP contribution >= 0.6 is 11.6 Å². The van der Waals surface area contributed by atoms with Gasteiger partial charge in [-0.05, 0) is 49.4 Å². The topological polar surface area (TPSA) is 66.0 Å². The van der Waals surface area contributed by atoms with Crippen LogP contribution in [0.4, 0.5) is 17.1 Å². The Kier molecular flexibility index (Phi) is 7.18. The average Bonchev–Trinajstić information content (AvgIpc) is 2.74. The van der Waals surface area contributed by atoms with Crippen LogP contribution in [-0.4, -0.2) is 27.8 Å². The maximum atomic E-state index is 11.6. The van der Waals surface area contributed by atoms with E-state index in [0.29, 0.717) is 11.4 Å². The van der Waals surface area contributed by atoms with Gasteiger partial charge in [-0.2, -0.15) is 5.11 Å². The van der Waals surface area contributed by atoms with Crippen LogP contribution in [0.25, 0.3) is 0 Å². The van der Waals surface area contributed by atoms with Gasteiger partial charge in [-0.1, -0.05) is 17.7 Å². The van der Waals surface area contributed by atoms with E-state index in [-0.39, 0.29) is 9.92 Å². The summed E-state index contributed by atoms with van der Waals surface area (Å²) < 4.78 is 25.3. The minimum atomic E-state index is -3.31. The molecule has 0 N–H and O–H groups in total. The molecule has 0 aliphatic heterocycles. The molecule has 0 saturated carbocycles. The highest BCUT2D eigenvalue weighted by Crippen LogP contribution is 2.29. The van der Waals surface area contributed by atoms with Crippen molar-refractivity contribution in [3.63, 3.8) is 0 Å². The first kappa shape index (κ1) is 21.9. The summed E-state index contributed by atoms with van der Waals surface area (Å²) in [4.78, 5) is 2.45. The van der Waals surface area contributed by atoms with E-state index in [2.05, 4.69) is 39.0 Å². The third-order valence-electron chi connectivity index (χ3n) is 4.62. The van der Waals surface area contributed by atoms with E-state index in [1.54, 1.807) is 6.07 Å². The average molecular weight is 444 g/mol. The third kappa shape index (κ3) is 5.87. The highest BCUT2D eigenvalue weighted by atomic mass is 35.5. The first-order valence-electron chi connectivity index (χ1n) is 9.57. The van der Waals surface area contributed by atoms with Crippen LogP contribution in [0.15, 0.2) is 88.2 Å². The molecule has 3 rings (SSSR count). The van der Waals surface area contributed by atoms with E-state index < -0.39 is 9.84 Å². The van der Waals surface area contributed by atoms with E-state index in [1.807, 2.05) is 42.5 Å². The van der Waals surface area contributed by atoms with Crippen LogP contribution in [0, 0.1) is 0 Å². The molecular formula is C22H24ClN4O2S+. The molecule has 0 radical (unpaired) electrons. The standard InChI is InChI=1S/C22H24ClN4O2S/c1-3-27(16-15-26-13-5-4-6-14-26)19-9-7-18(8-10-19)24-25-22-12-11-20(17-21(22)23)30(2,28)29/h4-14,17H,3,15-16H2,1-2H3/q+1. The minimum Gasteiger partial charge on any atom is -0.365 e. The third-order valence-corrected chi connectivity index (χ3v) is 6.04. The number of aromatic nitrogens is 1. The Balaban J connectivity index is 1.67. The first-order valence-corrected chi connectivity index (χ1v) is 11.8. The highest BCUT2D eigenvalue weighted by Gasteiger charge is 2.10. The molecule has 1 aromatic heterocycles. The summed E-state index contributed by atoms with van der Waals surface area (Å²) in [6, 6.07) is 18.3. The van der Waals surface area contributed by atoms with Gasteiger partial charge < -0.3 is 4.90 Å². The molecule has 3 aromatic rings. The second kappa shape index (κ2) is 9.82. The molecule has 0 saturated heterocycles. The molecule has 0 aliphatic rings. The predicted molar refractivity (Wildman–Crippen MR) is 120 cm³/mol. The summed E-state index contributed by atoms with van der Waals surface area (Å²) in [5, 5.41) is 8.61. The van der Waals surface area contributed by atoms with Crippen molar-refractivity contribution < 1.29 is 13.0 Å². The smallest absolute Gasteiger partial charge is 0.175 e. The van der Waals surface area contributed by atoms with Gasteiger partial charge in [0.05, 0.1) is 22.2 Å². The lowest BCUT2D eigenvalue weighted by molar-refractivity contribution is -0.694. The number of azo groups is 1. The van der Waals surface area contributed by atoms with Crippen LogP contribution in [0.1, 0.15) is 6.92 Å². The van der Waals surface area contributed by atoms with Crippen molar-refractivity contribution in [2.75, 3.05) is 24.2 Å². The van der Waals surface area contributed by atoms with Crippen LogP contribution < -0.4 is 9.47 Å². The van der Waals surface area contributed by atoms with Crippen molar-refractivity contribution in [2.45, 2.75) is 18.4 Å². The van der Waals surface area contributed by atoms with Crippen LogP contribution in [0.5, 0.6) is 0 Å². The van der Waals surface area contributed by atoms with E-state index in [9.17, 15) is 8.42 Å². The van der Waals surface area contributed by atoms with E-state index >= 15 is 0 Å². The molecule has 6 nitrogen and oxygen atoms in total. The summed E-state index contributed by atoms with van der Waals surface area (Å²) in [6.07, 6.45) is 5.26. The summed E-state index contributed by atoms with van der Waals surface area (Å²) in [5.74, 6) is 0. The van der Waals surface area contributed by atoms with Gasteiger partial charge in [0.25, 0.3) is 0 Å². The van der Waals surface area contributed by atoms with Crippen molar-refractivity contribution in [2.24, 2.45) is 10.2 Å². The van der Waals surface area contributed by atoms with Crippen molar-refractivity contribution >= 4 is 38.5 Å². The van der Waals surface area contributed by atoms with Gasteiger partial charge >= 0.3 is 0 Å². The Bertz CT molecular complexity index is 1120. The lowest BCUT2D eigenvalue weighted by Gasteiger charge is -2.21. The van der Waals surface area contributed by atoms with Crippen molar-refractivity contribution in [3.05, 3.63) is 78.1 Å². The number of pyridine rings is 1. The van der Waals surface area contributed by atoms with Gasteiger partial charge in [0.1, 0.15) is 5.69 Å². The van der Waals surface area contributed by atoms with Gasteiger partial charge in [-0.25, -0.2) is 13.0 Å². The number of benzene rings is 2. The second-order valence-electron chi connectivity index (χ2n) is 6.79. The number of sulfone groups is 1. The number of hydrogen-bond acceptors (Lipinski definition) is 5. The number of hydrogen-bond donors (Lipinski definition) is 0. The number of nitrogens with zero attached hydrogens (tertiary/aromatic N) is 4. The fourth-order valence-electron chi connectivity index (χ4n) is 2.93. The van der Waals surface area contributed by atoms with Crippen LogP contribution in [0.3, 0.4) is 0 Å². The maximum Gasteiger partial charge on any atom is 0.175 e. The number of halogens is 1. The quantitative estimate of drug-likeness (QED) is 0.364. The van der Waals surface area contributed by atoms with Crippen LogP contribution in [-0.2, 0) is 16.4 Å². The van der Waals surface area contributed by atoms with Gasteiger partial charge in [-0.3, -0.25) is 0 Å². The fraction of sp³-hybridized carbons (Fsp3) is 0.227. The zero-order valence-corrected chi connectivity index (χ0v) is 18.5. The minimum absolute atomic E-state index is 0.157. The molecule has 0 atom stereocenters. The Morgan fingerprint density at radius 1 is 1.00 bits per heavy atom. The highest BCUT2D eigenvalue weighted by molar-refractivity contribution is 7.90. The lowest BCUT2D eigenvalue weighted by Crippen LogP contribution is -2.40. The summed E-state index contributed by atoms with van der Waals surface area (Å²) >= 11 is 6.15. The molecule has 0 bridgehead atoms. The second-order valence-corrected chi connectivity index (χ2v) is 9.22. The first-order chi connectivity index (χ1) is 14.4. The van der Waals surface area contributed by atoms with Gasteiger partial charge in [-0.15, -0.1) is 5.11 Å². The van der Waals surface area contributed by atoms with Gasteiger partial charge in [0.15, 0.2) is 28.8 Å². The fourth-order valence-corrected chi connectivity index (χ4v) is 3.86. The summed E-state index contributed by atoms with van der Waals surface area (Å²) in [6.45, 7) is 4.83. The Morgan fingerprint density at radius 2 is 1.70 bits per heavy atom. The predicted octanol–water partition coefficient (Wildman–Crippen LogP) is 4.97. The number of rotatable bonds is 8. The molecular weight excluding hydrogens is 420 g/mol. The van der Waals surface area contributed by atoms with Crippen LogP contribution in [0.2, 0.25) is 5.02 Å². The molecule has 1 heterocycles. The van der Waals surface area contributed by atoms with E-state index in [0.717, 1.165) is 31.6 Å². The monoisotopic (exact) mass is 443 g/mol. The van der Waals surface area contributed by atoms with E-state index in [4.69, 9.17) is 11.6 Å². The molecule has 8 heteroatoms. The molecule has 30 heavy (non-hydrogen) atoms. The molecule has 0 fully saturated rings. The van der Waals surface area contributed by atoms with Gasteiger partial charge in [0.2, 0.25) is 0 Å². The summed E-state index contributed by atoms with van der Waals surface area (Å²) in [5.41, 5.74) is 2.22. The van der Waals surface area contributed by atoms with Gasteiger partial charge in [0, 0.05) is 30.6 Å². The molecule has 0 spiro atoms. The van der Waals surface area contributed by atoms with Crippen molar-refractivity contribution in [1.82, 2.24) is 0 Å². The zero-order chi connectivity index (χ0) is 21.6. The SMILES string of the molecule is CCN(CC[n+]1ccccc1)c1ccc(N=Nc2ccc(S(C)(=O)=O)cc2Cl)cc1. The maximum absolute atomic E-state index is 11.6. The Morgan fingerprint density at radius 3 is 2.30 bits per heavy atom. The lowest BCUT2D eigenvalue weighted by atomic mass is 10.2.